The van der Waals surface area contributed by atoms with Gasteiger partial charge in [0.25, 0.3) is 0 Å². The van der Waals surface area contributed by atoms with E-state index in [-0.39, 0.29) is 0 Å². The smallest absolute Gasteiger partial charge is 0.478 e. The zero-order valence-corrected chi connectivity index (χ0v) is 12.6. The topological polar surface area (TPSA) is 115 Å². The van der Waals surface area contributed by atoms with E-state index < -0.39 is 53.2 Å². The molecule has 0 saturated heterocycles. The first kappa shape index (κ1) is 18.2. The van der Waals surface area contributed by atoms with E-state index in [9.17, 15) is 34.8 Å². The van der Waals surface area contributed by atoms with Crippen LogP contribution in [0.4, 0.5) is 13.2 Å². The number of halogens is 3. The highest BCUT2D eigenvalue weighted by Crippen LogP contribution is 2.35. The Balaban J connectivity index is 3.70. The quantitative estimate of drug-likeness (QED) is 0.634. The summed E-state index contributed by atoms with van der Waals surface area (Å²) in [6.07, 6.45) is 0.606. The van der Waals surface area contributed by atoms with Crippen LogP contribution < -0.4 is 4.18 Å². The molecule has 0 fully saturated rings. The van der Waals surface area contributed by atoms with E-state index in [4.69, 9.17) is 5.11 Å². The van der Waals surface area contributed by atoms with Crippen molar-refractivity contribution < 1.29 is 44.1 Å². The maximum Gasteiger partial charge on any atom is 0.534 e. The molecule has 22 heavy (non-hydrogen) atoms. The van der Waals surface area contributed by atoms with Crippen LogP contribution in [-0.4, -0.2) is 39.7 Å². The minimum absolute atomic E-state index is 0.566. The predicted molar refractivity (Wildman–Crippen MR) is 66.9 cm³/mol. The van der Waals surface area contributed by atoms with Crippen molar-refractivity contribution in [2.24, 2.45) is 0 Å². The monoisotopic (exact) mass is 362 g/mol. The molecule has 0 radical (unpaired) electrons. The molecule has 0 heterocycles. The molecule has 1 aromatic rings. The maximum atomic E-state index is 12.4. The zero-order valence-electron chi connectivity index (χ0n) is 11.0. The molecule has 7 nitrogen and oxygen atoms in total. The summed E-state index contributed by atoms with van der Waals surface area (Å²) in [4.78, 5) is 10.0. The Morgan fingerprint density at radius 2 is 1.68 bits per heavy atom. The summed E-state index contributed by atoms with van der Waals surface area (Å²) in [7, 11) is -10.3. The molecule has 0 spiro atoms. The number of hydrogen-bond acceptors (Lipinski definition) is 6. The summed E-state index contributed by atoms with van der Waals surface area (Å²) in [5.41, 5.74) is -6.96. The van der Waals surface area contributed by atoms with Crippen molar-refractivity contribution in [1.29, 1.82) is 0 Å². The molecule has 0 aromatic heterocycles. The minimum atomic E-state index is -6.16. The van der Waals surface area contributed by atoms with Gasteiger partial charge in [-0.3, -0.25) is 0 Å². The lowest BCUT2D eigenvalue weighted by atomic mass is 10.1. The van der Waals surface area contributed by atoms with Crippen molar-refractivity contribution >= 4 is 25.9 Å². The summed E-state index contributed by atoms with van der Waals surface area (Å²) in [5.74, 6) is -2.79. The largest absolute Gasteiger partial charge is 0.534 e. The van der Waals surface area contributed by atoms with E-state index in [2.05, 4.69) is 4.18 Å². The molecule has 0 atom stereocenters. The van der Waals surface area contributed by atoms with Gasteiger partial charge in [0, 0.05) is 11.8 Å². The molecular formula is C10H9F3O7S2. The van der Waals surface area contributed by atoms with Crippen LogP contribution in [0.3, 0.4) is 0 Å². The highest BCUT2D eigenvalue weighted by Gasteiger charge is 2.49. The minimum Gasteiger partial charge on any atom is -0.478 e. The molecule has 0 bridgehead atoms. The molecule has 0 saturated carbocycles. The third-order valence-electron chi connectivity index (χ3n) is 2.48. The van der Waals surface area contributed by atoms with E-state index in [1.807, 2.05) is 0 Å². The molecule has 1 aromatic carbocycles. The van der Waals surface area contributed by atoms with Crippen molar-refractivity contribution in [3.05, 3.63) is 23.3 Å². The molecule has 12 heteroatoms. The molecule has 0 unspecified atom stereocenters. The fourth-order valence-electron chi connectivity index (χ4n) is 1.45. The number of hydrogen-bond donors (Lipinski definition) is 1. The van der Waals surface area contributed by atoms with E-state index in [0.29, 0.717) is 12.3 Å². The van der Waals surface area contributed by atoms with E-state index >= 15 is 0 Å². The Labute approximate surface area is 123 Å². The predicted octanol–water partition coefficient (Wildman–Crippen LogP) is 1.33. The molecular weight excluding hydrogens is 353 g/mol. The van der Waals surface area contributed by atoms with Gasteiger partial charge in [-0.25, -0.2) is 13.2 Å². The average molecular weight is 362 g/mol. The highest BCUT2D eigenvalue weighted by molar-refractivity contribution is 7.91. The Morgan fingerprint density at radius 3 is 2.05 bits per heavy atom. The van der Waals surface area contributed by atoms with Crippen LogP contribution in [0.2, 0.25) is 0 Å². The highest BCUT2D eigenvalue weighted by atomic mass is 32.2. The van der Waals surface area contributed by atoms with Gasteiger partial charge in [0.05, 0.1) is 5.56 Å². The normalized spacial score (nSPS) is 13.0. The fourth-order valence-corrected chi connectivity index (χ4v) is 2.88. The second-order valence-corrected chi connectivity index (χ2v) is 7.65. The standard InChI is InChI=1S/C10H9F3O7S2/c1-5-6(9(14)15)3-4-7(21(2,16)17)8(5)20-22(18,19)10(11,12)13/h3-4H,1-2H3,(H,14,15). The summed E-state index contributed by atoms with van der Waals surface area (Å²) in [6.45, 7) is 0.930. The van der Waals surface area contributed by atoms with E-state index in [1.165, 1.54) is 0 Å². The first-order valence-corrected chi connectivity index (χ1v) is 8.56. The van der Waals surface area contributed by atoms with Crippen molar-refractivity contribution in [3.8, 4) is 5.75 Å². The Kier molecular flexibility index (Phi) is 4.50. The number of rotatable bonds is 4. The molecule has 0 amide bonds. The van der Waals surface area contributed by atoms with Crippen molar-refractivity contribution in [1.82, 2.24) is 0 Å². The van der Waals surface area contributed by atoms with Gasteiger partial charge >= 0.3 is 21.6 Å². The van der Waals surface area contributed by atoms with Crippen LogP contribution in [0.15, 0.2) is 17.0 Å². The van der Waals surface area contributed by atoms with Crippen LogP contribution in [0.1, 0.15) is 15.9 Å². The molecule has 0 aliphatic heterocycles. The number of sulfone groups is 1. The van der Waals surface area contributed by atoms with Gasteiger partial charge in [-0.15, -0.1) is 0 Å². The lowest BCUT2D eigenvalue weighted by molar-refractivity contribution is -0.0501. The Bertz CT molecular complexity index is 823. The van der Waals surface area contributed by atoms with Crippen LogP contribution in [0.25, 0.3) is 0 Å². The van der Waals surface area contributed by atoms with Gasteiger partial charge in [0.15, 0.2) is 15.6 Å². The van der Waals surface area contributed by atoms with Crippen LogP contribution >= 0.6 is 0 Å². The van der Waals surface area contributed by atoms with Crippen molar-refractivity contribution in [2.75, 3.05) is 6.26 Å². The van der Waals surface area contributed by atoms with Crippen LogP contribution in [0, 0.1) is 6.92 Å². The Morgan fingerprint density at radius 1 is 1.18 bits per heavy atom. The van der Waals surface area contributed by atoms with E-state index in [0.717, 1.165) is 13.0 Å². The lowest BCUT2D eigenvalue weighted by Crippen LogP contribution is -2.29. The van der Waals surface area contributed by atoms with Gasteiger partial charge in [-0.1, -0.05) is 0 Å². The average Bonchev–Trinajstić information content (AvgIpc) is 2.27. The lowest BCUT2D eigenvalue weighted by Gasteiger charge is -2.15. The Hall–Kier alpha value is -1.82. The summed E-state index contributed by atoms with van der Waals surface area (Å²) in [6, 6.07) is 1.48. The molecule has 0 aliphatic rings. The van der Waals surface area contributed by atoms with Gasteiger partial charge in [-0.2, -0.15) is 21.6 Å². The van der Waals surface area contributed by atoms with Gasteiger partial charge in [0.2, 0.25) is 0 Å². The summed E-state index contributed by atoms with van der Waals surface area (Å²) >= 11 is 0. The third kappa shape index (κ3) is 3.50. The van der Waals surface area contributed by atoms with Crippen LogP contribution in [-0.2, 0) is 20.0 Å². The number of aromatic carboxylic acids is 1. The third-order valence-corrected chi connectivity index (χ3v) is 4.55. The first-order chi connectivity index (χ1) is 9.68. The maximum absolute atomic E-state index is 12.4. The van der Waals surface area contributed by atoms with Gasteiger partial charge in [-0.05, 0) is 19.1 Å². The molecule has 0 aliphatic carbocycles. The first-order valence-electron chi connectivity index (χ1n) is 5.26. The number of carboxylic acids is 1. The van der Waals surface area contributed by atoms with Crippen LogP contribution in [0.5, 0.6) is 5.75 Å². The molecule has 1 N–H and O–H groups in total. The number of carboxylic acid groups (broad SMARTS) is 1. The van der Waals surface area contributed by atoms with Gasteiger partial charge < -0.3 is 9.29 Å². The second-order valence-electron chi connectivity index (χ2n) is 4.13. The zero-order chi connectivity index (χ0) is 17.5. The number of benzene rings is 1. The van der Waals surface area contributed by atoms with E-state index in [1.54, 1.807) is 0 Å². The van der Waals surface area contributed by atoms with Gasteiger partial charge in [0.1, 0.15) is 4.90 Å². The SMILES string of the molecule is Cc1c(C(=O)O)ccc(S(C)(=O)=O)c1OS(=O)(=O)C(F)(F)F. The second kappa shape index (κ2) is 5.43. The summed E-state index contributed by atoms with van der Waals surface area (Å²) in [5, 5.41) is 8.87. The summed E-state index contributed by atoms with van der Waals surface area (Å²) < 4.78 is 86.1. The number of carbonyl (C=O) groups is 1. The molecule has 124 valence electrons. The number of alkyl halides is 3. The fraction of sp³-hybridized carbons (Fsp3) is 0.300. The van der Waals surface area contributed by atoms with Crippen molar-refractivity contribution in [2.45, 2.75) is 17.3 Å². The van der Waals surface area contributed by atoms with Crippen molar-refractivity contribution in [3.63, 3.8) is 0 Å². The molecule has 1 rings (SSSR count).